The lowest BCUT2D eigenvalue weighted by Crippen LogP contribution is -2.42. The minimum atomic E-state index is -3.32. The first-order valence-corrected chi connectivity index (χ1v) is 9.10. The van der Waals surface area contributed by atoms with Crippen molar-refractivity contribution in [2.24, 2.45) is 0 Å². The molecule has 1 fully saturated rings. The van der Waals surface area contributed by atoms with Crippen molar-refractivity contribution in [1.29, 1.82) is 0 Å². The molecule has 0 bridgehead atoms. The first kappa shape index (κ1) is 14.3. The number of sulfonamides is 1. The van der Waals surface area contributed by atoms with Crippen molar-refractivity contribution in [3.8, 4) is 0 Å². The molecule has 3 nitrogen and oxygen atoms in total. The van der Waals surface area contributed by atoms with Crippen LogP contribution in [0.1, 0.15) is 38.2 Å². The zero-order valence-electron chi connectivity index (χ0n) is 10.4. The standard InChI is InChI=1S/C12H18ClNO2S2/c1-2-11-5-3-4-6-14(11)18(15,16)12-7-10(8-13)9-17-12/h7,9,11H,2-6,8H2,1H3. The first-order valence-electron chi connectivity index (χ1n) is 6.24. The van der Waals surface area contributed by atoms with Gasteiger partial charge >= 0.3 is 0 Å². The van der Waals surface area contributed by atoms with Crippen molar-refractivity contribution in [2.45, 2.75) is 48.7 Å². The Hall–Kier alpha value is -0.100. The fourth-order valence-electron chi connectivity index (χ4n) is 2.37. The van der Waals surface area contributed by atoms with Crippen molar-refractivity contribution < 1.29 is 8.42 Å². The van der Waals surface area contributed by atoms with E-state index in [1.54, 1.807) is 10.4 Å². The zero-order chi connectivity index (χ0) is 13.2. The molecule has 18 heavy (non-hydrogen) atoms. The first-order chi connectivity index (χ1) is 8.59. The second kappa shape index (κ2) is 5.90. The molecule has 0 amide bonds. The molecule has 2 rings (SSSR count). The molecule has 1 aliphatic heterocycles. The van der Waals surface area contributed by atoms with E-state index in [0.717, 1.165) is 31.2 Å². The molecule has 1 saturated heterocycles. The van der Waals surface area contributed by atoms with E-state index in [1.807, 2.05) is 5.38 Å². The number of alkyl halides is 1. The zero-order valence-corrected chi connectivity index (χ0v) is 12.8. The molecule has 0 aliphatic carbocycles. The summed E-state index contributed by atoms with van der Waals surface area (Å²) < 4.78 is 27.3. The summed E-state index contributed by atoms with van der Waals surface area (Å²) in [4.78, 5) is 0. The molecular weight excluding hydrogens is 290 g/mol. The van der Waals surface area contributed by atoms with E-state index in [4.69, 9.17) is 11.6 Å². The Kier molecular flexibility index (Phi) is 4.69. The van der Waals surface area contributed by atoms with E-state index in [0.29, 0.717) is 16.6 Å². The quantitative estimate of drug-likeness (QED) is 0.799. The molecule has 2 heterocycles. The van der Waals surface area contributed by atoms with Gasteiger partial charge in [-0.3, -0.25) is 0 Å². The number of piperidine rings is 1. The van der Waals surface area contributed by atoms with Crippen LogP contribution in [0.2, 0.25) is 0 Å². The Bertz CT molecular complexity index is 498. The molecule has 0 radical (unpaired) electrons. The molecule has 6 heteroatoms. The molecule has 0 spiro atoms. The average Bonchev–Trinajstić information content (AvgIpc) is 2.88. The maximum absolute atomic E-state index is 12.6. The summed E-state index contributed by atoms with van der Waals surface area (Å²) in [6.07, 6.45) is 3.95. The molecule has 1 unspecified atom stereocenters. The van der Waals surface area contributed by atoms with Crippen LogP contribution in [0.15, 0.2) is 15.7 Å². The van der Waals surface area contributed by atoms with Gasteiger partial charge in [-0.15, -0.1) is 22.9 Å². The molecule has 1 aliphatic rings. The predicted molar refractivity (Wildman–Crippen MR) is 75.7 cm³/mol. The van der Waals surface area contributed by atoms with Crippen LogP contribution in [0.3, 0.4) is 0 Å². The van der Waals surface area contributed by atoms with Gasteiger partial charge in [-0.2, -0.15) is 4.31 Å². The maximum Gasteiger partial charge on any atom is 0.252 e. The smallest absolute Gasteiger partial charge is 0.206 e. The normalized spacial score (nSPS) is 22.2. The second-order valence-corrected chi connectivity index (χ2v) is 7.88. The second-order valence-electron chi connectivity index (χ2n) is 4.58. The number of halogens is 1. The Labute approximate surface area is 118 Å². The van der Waals surface area contributed by atoms with E-state index in [9.17, 15) is 8.42 Å². The fraction of sp³-hybridized carbons (Fsp3) is 0.667. The lowest BCUT2D eigenvalue weighted by molar-refractivity contribution is 0.247. The number of nitrogens with zero attached hydrogens (tertiary/aromatic N) is 1. The van der Waals surface area contributed by atoms with Crippen molar-refractivity contribution >= 4 is 33.0 Å². The van der Waals surface area contributed by atoms with Gasteiger partial charge in [0.1, 0.15) is 4.21 Å². The van der Waals surface area contributed by atoms with Crippen LogP contribution < -0.4 is 0 Å². The SMILES string of the molecule is CCC1CCCCN1S(=O)(=O)c1cc(CCl)cs1. The number of hydrogen-bond acceptors (Lipinski definition) is 3. The van der Waals surface area contributed by atoms with Gasteiger partial charge in [-0.05, 0) is 36.3 Å². The Morgan fingerprint density at radius 3 is 2.89 bits per heavy atom. The summed E-state index contributed by atoms with van der Waals surface area (Å²) in [5.74, 6) is 0.364. The van der Waals surface area contributed by atoms with E-state index in [1.165, 1.54) is 11.3 Å². The predicted octanol–water partition coefficient (Wildman–Crippen LogP) is 3.44. The third-order valence-corrected chi connectivity index (χ3v) is 7.12. The number of rotatable bonds is 4. The highest BCUT2D eigenvalue weighted by atomic mass is 35.5. The summed E-state index contributed by atoms with van der Waals surface area (Å²) in [6.45, 7) is 2.70. The topological polar surface area (TPSA) is 37.4 Å². The van der Waals surface area contributed by atoms with Gasteiger partial charge in [0.2, 0.25) is 0 Å². The highest BCUT2D eigenvalue weighted by molar-refractivity contribution is 7.91. The van der Waals surface area contributed by atoms with Crippen LogP contribution in [-0.4, -0.2) is 25.3 Å². The van der Waals surface area contributed by atoms with Crippen molar-refractivity contribution in [2.75, 3.05) is 6.54 Å². The molecule has 0 aromatic carbocycles. The monoisotopic (exact) mass is 307 g/mol. The minimum absolute atomic E-state index is 0.158. The van der Waals surface area contributed by atoms with Gasteiger partial charge in [0.05, 0.1) is 0 Å². The molecule has 102 valence electrons. The number of hydrogen-bond donors (Lipinski definition) is 0. The van der Waals surface area contributed by atoms with Crippen LogP contribution in [0, 0.1) is 0 Å². The Morgan fingerprint density at radius 2 is 2.28 bits per heavy atom. The van der Waals surface area contributed by atoms with Gasteiger partial charge in [-0.1, -0.05) is 13.3 Å². The summed E-state index contributed by atoms with van der Waals surface area (Å²) >= 11 is 7.00. The average molecular weight is 308 g/mol. The van der Waals surface area contributed by atoms with Crippen LogP contribution in [-0.2, 0) is 15.9 Å². The summed E-state index contributed by atoms with van der Waals surface area (Å²) in [6, 6.07) is 1.86. The van der Waals surface area contributed by atoms with Crippen molar-refractivity contribution in [3.05, 3.63) is 17.0 Å². The minimum Gasteiger partial charge on any atom is -0.206 e. The van der Waals surface area contributed by atoms with E-state index in [2.05, 4.69) is 6.92 Å². The van der Waals surface area contributed by atoms with Crippen LogP contribution in [0.4, 0.5) is 0 Å². The highest BCUT2D eigenvalue weighted by Gasteiger charge is 2.33. The third-order valence-electron chi connectivity index (χ3n) is 3.39. The van der Waals surface area contributed by atoms with Crippen molar-refractivity contribution in [3.63, 3.8) is 0 Å². The molecule has 1 aromatic heterocycles. The van der Waals surface area contributed by atoms with Crippen LogP contribution in [0.25, 0.3) is 0 Å². The van der Waals surface area contributed by atoms with Crippen LogP contribution in [0.5, 0.6) is 0 Å². The summed E-state index contributed by atoms with van der Waals surface area (Å²) in [5, 5.41) is 1.82. The molecule has 0 N–H and O–H groups in total. The van der Waals surface area contributed by atoms with Gasteiger partial charge in [-0.25, -0.2) is 8.42 Å². The van der Waals surface area contributed by atoms with E-state index in [-0.39, 0.29) is 6.04 Å². The van der Waals surface area contributed by atoms with Gasteiger partial charge in [0.15, 0.2) is 0 Å². The van der Waals surface area contributed by atoms with Gasteiger partial charge in [0.25, 0.3) is 10.0 Å². The maximum atomic E-state index is 12.6. The lowest BCUT2D eigenvalue weighted by Gasteiger charge is -2.33. The lowest BCUT2D eigenvalue weighted by atomic mass is 10.0. The summed E-state index contributed by atoms with van der Waals surface area (Å²) in [7, 11) is -3.32. The van der Waals surface area contributed by atoms with Gasteiger partial charge in [0, 0.05) is 18.5 Å². The summed E-state index contributed by atoms with van der Waals surface area (Å²) in [5.41, 5.74) is 0.880. The molecule has 1 aromatic rings. The van der Waals surface area contributed by atoms with Gasteiger partial charge < -0.3 is 0 Å². The highest BCUT2D eigenvalue weighted by Crippen LogP contribution is 2.30. The molecule has 0 saturated carbocycles. The Morgan fingerprint density at radius 1 is 1.50 bits per heavy atom. The van der Waals surface area contributed by atoms with Crippen molar-refractivity contribution in [1.82, 2.24) is 4.31 Å². The largest absolute Gasteiger partial charge is 0.252 e. The fourth-order valence-corrected chi connectivity index (χ4v) is 5.72. The molecular formula is C12H18ClNO2S2. The van der Waals surface area contributed by atoms with E-state index >= 15 is 0 Å². The molecule has 1 atom stereocenters. The van der Waals surface area contributed by atoms with E-state index < -0.39 is 10.0 Å². The third kappa shape index (κ3) is 2.74. The van der Waals surface area contributed by atoms with Crippen LogP contribution >= 0.6 is 22.9 Å². The Balaban J connectivity index is 2.28. The number of thiophene rings is 1.